The van der Waals surface area contributed by atoms with Crippen molar-refractivity contribution in [3.63, 3.8) is 0 Å². The highest BCUT2D eigenvalue weighted by molar-refractivity contribution is 5.54. The van der Waals surface area contributed by atoms with E-state index in [1.807, 2.05) is 6.07 Å². The van der Waals surface area contributed by atoms with E-state index in [4.69, 9.17) is 0 Å². The van der Waals surface area contributed by atoms with Gasteiger partial charge in [0.2, 0.25) is 5.95 Å². The molecule has 0 spiro atoms. The minimum Gasteiger partial charge on any atom is -0.393 e. The number of benzene rings is 1. The van der Waals surface area contributed by atoms with Gasteiger partial charge in [-0.2, -0.15) is 10.2 Å². The number of halogens is 1. The van der Waals surface area contributed by atoms with Crippen LogP contribution >= 0.6 is 0 Å². The van der Waals surface area contributed by atoms with Gasteiger partial charge in [-0.15, -0.1) is 0 Å². The average Bonchev–Trinajstić information content (AvgIpc) is 2.65. The fourth-order valence-electron chi connectivity index (χ4n) is 3.61. The van der Waals surface area contributed by atoms with Crippen LogP contribution in [0.3, 0.4) is 0 Å². The maximum Gasteiger partial charge on any atom is 0.224 e. The van der Waals surface area contributed by atoms with Crippen molar-refractivity contribution >= 4 is 11.8 Å². The Morgan fingerprint density at radius 3 is 2.89 bits per heavy atom. The molecule has 1 aliphatic rings. The van der Waals surface area contributed by atoms with E-state index in [9.17, 15) is 14.8 Å². The zero-order valence-electron chi connectivity index (χ0n) is 16.2. The number of nitrogens with zero attached hydrogens (tertiary/aromatic N) is 3. The molecule has 2 atom stereocenters. The van der Waals surface area contributed by atoms with Crippen LogP contribution in [-0.4, -0.2) is 33.8 Å². The van der Waals surface area contributed by atoms with Crippen LogP contribution in [0.1, 0.15) is 44.2 Å². The van der Waals surface area contributed by atoms with Crippen LogP contribution in [0.4, 0.5) is 16.2 Å². The van der Waals surface area contributed by atoms with Crippen molar-refractivity contribution in [2.45, 2.75) is 51.7 Å². The molecule has 1 aromatic heterocycles. The molecule has 0 aliphatic heterocycles. The topological polar surface area (TPSA) is 93.9 Å². The fraction of sp³-hybridized carbons (Fsp3) is 0.476. The van der Waals surface area contributed by atoms with E-state index in [2.05, 4.69) is 40.5 Å². The zero-order valence-corrected chi connectivity index (χ0v) is 16.2. The van der Waals surface area contributed by atoms with Crippen LogP contribution in [0.15, 0.2) is 30.5 Å². The Hall–Kier alpha value is -2.72. The Morgan fingerprint density at radius 1 is 1.36 bits per heavy atom. The molecule has 3 N–H and O–H groups in total. The van der Waals surface area contributed by atoms with Gasteiger partial charge in [0, 0.05) is 12.6 Å². The highest BCUT2D eigenvalue weighted by Crippen LogP contribution is 2.36. The van der Waals surface area contributed by atoms with Crippen LogP contribution in [0.25, 0.3) is 0 Å². The molecule has 0 bridgehead atoms. The van der Waals surface area contributed by atoms with E-state index in [1.165, 1.54) is 18.3 Å². The van der Waals surface area contributed by atoms with Crippen LogP contribution < -0.4 is 10.6 Å². The number of hydrogen-bond donors (Lipinski definition) is 3. The van der Waals surface area contributed by atoms with E-state index in [-0.39, 0.29) is 23.4 Å². The first-order chi connectivity index (χ1) is 13.4. The van der Waals surface area contributed by atoms with Gasteiger partial charge in [0.05, 0.1) is 12.3 Å². The molecule has 28 heavy (non-hydrogen) atoms. The summed E-state index contributed by atoms with van der Waals surface area (Å²) in [7, 11) is 0. The number of aliphatic hydroxyl groups is 1. The van der Waals surface area contributed by atoms with Crippen LogP contribution in [-0.2, 0) is 6.42 Å². The van der Waals surface area contributed by atoms with Crippen LogP contribution in [0.5, 0.6) is 0 Å². The number of nitrogens with one attached hydrogen (secondary N) is 2. The van der Waals surface area contributed by atoms with Crippen molar-refractivity contribution < 1.29 is 9.50 Å². The molecule has 148 valence electrons. The van der Waals surface area contributed by atoms with Gasteiger partial charge in [-0.3, -0.25) is 0 Å². The molecule has 0 unspecified atom stereocenters. The van der Waals surface area contributed by atoms with E-state index < -0.39 is 0 Å². The summed E-state index contributed by atoms with van der Waals surface area (Å²) in [5.41, 5.74) is 1.10. The summed E-state index contributed by atoms with van der Waals surface area (Å²) in [5, 5.41) is 26.0. The van der Waals surface area contributed by atoms with E-state index in [0.717, 1.165) is 24.8 Å². The number of rotatable bonds is 6. The third kappa shape index (κ3) is 4.96. The third-order valence-corrected chi connectivity index (χ3v) is 5.30. The molecule has 1 fully saturated rings. The van der Waals surface area contributed by atoms with Crippen molar-refractivity contribution in [2.24, 2.45) is 5.41 Å². The normalized spacial score (nSPS) is 21.0. The molecular weight excluding hydrogens is 357 g/mol. The second kappa shape index (κ2) is 8.53. The number of aromatic nitrogens is 2. The van der Waals surface area contributed by atoms with Gasteiger partial charge in [-0.05, 0) is 48.8 Å². The number of hydrogen-bond acceptors (Lipinski definition) is 6. The van der Waals surface area contributed by atoms with Crippen LogP contribution in [0, 0.1) is 22.6 Å². The van der Waals surface area contributed by atoms with E-state index in [1.54, 1.807) is 6.07 Å². The summed E-state index contributed by atoms with van der Waals surface area (Å²) < 4.78 is 13.3. The zero-order chi connectivity index (χ0) is 20.1. The molecule has 0 saturated heterocycles. The first-order valence-electron chi connectivity index (χ1n) is 9.57. The third-order valence-electron chi connectivity index (χ3n) is 5.30. The molecule has 1 aromatic carbocycles. The first-order valence-corrected chi connectivity index (χ1v) is 9.57. The molecule has 3 rings (SSSR count). The lowest BCUT2D eigenvalue weighted by atomic mass is 9.73. The molecule has 7 heteroatoms. The standard InChI is InChI=1S/C21H26FN5O/c1-21(2)11-17(6-7-18(21)28)26-19-15(12-23)13-25-20(27-19)24-9-8-14-4-3-5-16(22)10-14/h3-5,10,13,17-18,28H,6-9,11H2,1-2H3,(H2,24,25,26,27)/t17-,18+/m1/s1. The minimum atomic E-state index is -0.313. The first kappa shape index (κ1) is 20.0. The monoisotopic (exact) mass is 383 g/mol. The lowest BCUT2D eigenvalue weighted by Crippen LogP contribution is -2.41. The Kier molecular flexibility index (Phi) is 6.10. The molecule has 0 amide bonds. The highest BCUT2D eigenvalue weighted by atomic mass is 19.1. The Labute approximate surface area is 164 Å². The fourth-order valence-corrected chi connectivity index (χ4v) is 3.61. The van der Waals surface area contributed by atoms with Gasteiger partial charge in [0.25, 0.3) is 0 Å². The van der Waals surface area contributed by atoms with Gasteiger partial charge in [-0.1, -0.05) is 26.0 Å². The van der Waals surface area contributed by atoms with Crippen molar-refractivity contribution in [1.29, 1.82) is 5.26 Å². The Bertz CT molecular complexity index is 864. The predicted octanol–water partition coefficient (Wildman–Crippen LogP) is 3.49. The Morgan fingerprint density at radius 2 is 2.18 bits per heavy atom. The van der Waals surface area contributed by atoms with E-state index in [0.29, 0.717) is 30.3 Å². The molecule has 1 heterocycles. The van der Waals surface area contributed by atoms with Crippen LogP contribution in [0.2, 0.25) is 0 Å². The van der Waals surface area contributed by atoms with Gasteiger partial charge in [-0.25, -0.2) is 9.37 Å². The van der Waals surface area contributed by atoms with Crippen molar-refractivity contribution in [3.05, 3.63) is 47.4 Å². The second-order valence-electron chi connectivity index (χ2n) is 8.00. The van der Waals surface area contributed by atoms with E-state index >= 15 is 0 Å². The average molecular weight is 383 g/mol. The highest BCUT2D eigenvalue weighted by Gasteiger charge is 2.35. The largest absolute Gasteiger partial charge is 0.393 e. The van der Waals surface area contributed by atoms with Gasteiger partial charge in [0.1, 0.15) is 23.3 Å². The smallest absolute Gasteiger partial charge is 0.224 e. The summed E-state index contributed by atoms with van der Waals surface area (Å²) in [6.45, 7) is 4.66. The summed E-state index contributed by atoms with van der Waals surface area (Å²) in [5.74, 6) is 0.676. The number of anilines is 2. The maximum atomic E-state index is 13.3. The lowest BCUT2D eigenvalue weighted by molar-refractivity contribution is 0.00926. The molecule has 6 nitrogen and oxygen atoms in total. The van der Waals surface area contributed by atoms with Gasteiger partial charge < -0.3 is 15.7 Å². The molecular formula is C21H26FN5O. The van der Waals surface area contributed by atoms with Gasteiger partial charge in [0.15, 0.2) is 0 Å². The molecule has 1 aliphatic carbocycles. The predicted molar refractivity (Wildman–Crippen MR) is 106 cm³/mol. The quantitative estimate of drug-likeness (QED) is 0.707. The second-order valence-corrected chi connectivity index (χ2v) is 8.00. The summed E-state index contributed by atoms with van der Waals surface area (Å²) in [6.07, 6.45) is 4.16. The lowest BCUT2D eigenvalue weighted by Gasteiger charge is -2.40. The maximum absolute atomic E-state index is 13.3. The summed E-state index contributed by atoms with van der Waals surface area (Å²) in [6, 6.07) is 8.75. The SMILES string of the molecule is CC1(C)C[C@H](Nc2nc(NCCc3cccc(F)c3)ncc2C#N)CC[C@@H]1O. The van der Waals surface area contributed by atoms with Crippen molar-refractivity contribution in [2.75, 3.05) is 17.2 Å². The summed E-state index contributed by atoms with van der Waals surface area (Å²) in [4.78, 5) is 8.65. The molecule has 1 saturated carbocycles. The van der Waals surface area contributed by atoms with Crippen molar-refractivity contribution in [1.82, 2.24) is 9.97 Å². The van der Waals surface area contributed by atoms with Crippen molar-refractivity contribution in [3.8, 4) is 6.07 Å². The number of nitriles is 1. The summed E-state index contributed by atoms with van der Waals surface area (Å²) >= 11 is 0. The Balaban J connectivity index is 1.64. The van der Waals surface area contributed by atoms with Gasteiger partial charge >= 0.3 is 0 Å². The number of aliphatic hydroxyl groups excluding tert-OH is 1. The molecule has 0 radical (unpaired) electrons. The minimum absolute atomic E-state index is 0.139. The molecule has 2 aromatic rings.